The van der Waals surface area contributed by atoms with Gasteiger partial charge in [-0.1, -0.05) is 31.0 Å². The predicted octanol–water partition coefficient (Wildman–Crippen LogP) is 2.19. The van der Waals surface area contributed by atoms with Crippen LogP contribution < -0.4 is 15.8 Å². The number of amides is 1. The average Bonchev–Trinajstić information content (AvgIpc) is 2.50. The van der Waals surface area contributed by atoms with Crippen LogP contribution in [-0.2, 0) is 4.79 Å². The summed E-state index contributed by atoms with van der Waals surface area (Å²) in [5, 5.41) is 3.04. The van der Waals surface area contributed by atoms with Gasteiger partial charge in [0.25, 0.3) is 0 Å². The number of hydrogen-bond acceptors (Lipinski definition) is 3. The Labute approximate surface area is 120 Å². The third kappa shape index (κ3) is 3.97. The maximum absolute atomic E-state index is 12.3. The highest BCUT2D eigenvalue weighted by atomic mass is 16.5. The van der Waals surface area contributed by atoms with E-state index in [0.717, 1.165) is 56.5 Å². The molecule has 0 saturated carbocycles. The summed E-state index contributed by atoms with van der Waals surface area (Å²) in [6.07, 6.45) is 5.13. The zero-order valence-electron chi connectivity index (χ0n) is 11.9. The van der Waals surface area contributed by atoms with Crippen molar-refractivity contribution in [2.45, 2.75) is 38.0 Å². The maximum atomic E-state index is 12.3. The number of nitrogens with two attached hydrogens (primary N) is 1. The van der Waals surface area contributed by atoms with Crippen LogP contribution in [0.15, 0.2) is 24.3 Å². The van der Waals surface area contributed by atoms with E-state index in [1.54, 1.807) is 0 Å². The van der Waals surface area contributed by atoms with Crippen molar-refractivity contribution < 1.29 is 9.53 Å². The first-order chi connectivity index (χ1) is 9.83. The van der Waals surface area contributed by atoms with Crippen LogP contribution in [0.2, 0.25) is 0 Å². The van der Waals surface area contributed by atoms with Gasteiger partial charge in [0.1, 0.15) is 5.75 Å². The molecule has 0 fully saturated rings. The number of rotatable bonds is 7. The Hall–Kier alpha value is -1.55. The number of para-hydroxylation sites is 1. The van der Waals surface area contributed by atoms with Gasteiger partial charge in [0.05, 0.1) is 12.5 Å². The summed E-state index contributed by atoms with van der Waals surface area (Å²) in [6.45, 7) is 2.12. The topological polar surface area (TPSA) is 64.3 Å². The van der Waals surface area contributed by atoms with Crippen molar-refractivity contribution in [1.82, 2.24) is 5.32 Å². The molecular formula is C16H24N2O2. The molecule has 0 radical (unpaired) electrons. The molecule has 1 heterocycles. The van der Waals surface area contributed by atoms with Gasteiger partial charge in [0, 0.05) is 12.1 Å². The second-order valence-electron chi connectivity index (χ2n) is 5.22. The molecule has 1 amide bonds. The highest BCUT2D eigenvalue weighted by molar-refractivity contribution is 5.84. The number of ether oxygens (including phenoxy) is 1. The van der Waals surface area contributed by atoms with Gasteiger partial charge in [0.15, 0.2) is 0 Å². The van der Waals surface area contributed by atoms with Crippen molar-refractivity contribution in [2.75, 3.05) is 19.7 Å². The quantitative estimate of drug-likeness (QED) is 0.750. The minimum absolute atomic E-state index is 0.0657. The largest absolute Gasteiger partial charge is 0.493 e. The predicted molar refractivity (Wildman–Crippen MR) is 79.8 cm³/mol. The summed E-state index contributed by atoms with van der Waals surface area (Å²) in [4.78, 5) is 12.3. The van der Waals surface area contributed by atoms with E-state index in [1.807, 2.05) is 24.3 Å². The number of fused-ring (bicyclic) bond motifs is 1. The van der Waals surface area contributed by atoms with Crippen LogP contribution in [0.3, 0.4) is 0 Å². The van der Waals surface area contributed by atoms with Gasteiger partial charge >= 0.3 is 0 Å². The molecule has 4 heteroatoms. The van der Waals surface area contributed by atoms with E-state index in [4.69, 9.17) is 10.5 Å². The molecule has 1 atom stereocenters. The summed E-state index contributed by atoms with van der Waals surface area (Å²) in [7, 11) is 0. The van der Waals surface area contributed by atoms with Crippen molar-refractivity contribution in [1.29, 1.82) is 0 Å². The standard InChI is InChI=1S/C16H24N2O2/c17-10-5-1-2-6-11-18-16(19)14-9-12-20-15-8-4-3-7-13(14)15/h3-4,7-8,14H,1-2,5-6,9-12,17H2,(H,18,19). The van der Waals surface area contributed by atoms with Crippen LogP contribution in [0.5, 0.6) is 5.75 Å². The molecule has 2 rings (SSSR count). The first kappa shape index (κ1) is 14.9. The summed E-state index contributed by atoms with van der Waals surface area (Å²) in [5.41, 5.74) is 6.47. The third-order valence-electron chi connectivity index (χ3n) is 3.71. The minimum Gasteiger partial charge on any atom is -0.493 e. The lowest BCUT2D eigenvalue weighted by atomic mass is 9.92. The molecule has 1 aromatic carbocycles. The SMILES string of the molecule is NCCCCCCNC(=O)C1CCOc2ccccc21. The molecule has 3 N–H and O–H groups in total. The lowest BCUT2D eigenvalue weighted by Gasteiger charge is -2.25. The van der Waals surface area contributed by atoms with Crippen LogP contribution in [0.1, 0.15) is 43.6 Å². The van der Waals surface area contributed by atoms with E-state index in [9.17, 15) is 4.79 Å². The van der Waals surface area contributed by atoms with E-state index >= 15 is 0 Å². The first-order valence-corrected chi connectivity index (χ1v) is 7.52. The van der Waals surface area contributed by atoms with Crippen LogP contribution in [0, 0.1) is 0 Å². The lowest BCUT2D eigenvalue weighted by molar-refractivity contribution is -0.123. The summed E-state index contributed by atoms with van der Waals surface area (Å²) in [6, 6.07) is 7.82. The van der Waals surface area contributed by atoms with Gasteiger partial charge in [-0.2, -0.15) is 0 Å². The monoisotopic (exact) mass is 276 g/mol. The molecule has 1 aliphatic heterocycles. The van der Waals surface area contributed by atoms with Crippen molar-refractivity contribution in [3.05, 3.63) is 29.8 Å². The Morgan fingerprint density at radius 3 is 2.90 bits per heavy atom. The molecule has 0 aliphatic carbocycles. The number of unbranched alkanes of at least 4 members (excludes halogenated alkanes) is 3. The average molecular weight is 276 g/mol. The zero-order chi connectivity index (χ0) is 14.2. The first-order valence-electron chi connectivity index (χ1n) is 7.52. The van der Waals surface area contributed by atoms with Crippen LogP contribution in [-0.4, -0.2) is 25.6 Å². The second-order valence-corrected chi connectivity index (χ2v) is 5.22. The fourth-order valence-electron chi connectivity index (χ4n) is 2.57. The van der Waals surface area contributed by atoms with Crippen molar-refractivity contribution in [3.63, 3.8) is 0 Å². The number of carbonyl (C=O) groups excluding carboxylic acids is 1. The molecular weight excluding hydrogens is 252 g/mol. The Kier molecular flexibility index (Phi) is 5.87. The number of carbonyl (C=O) groups is 1. The summed E-state index contributed by atoms with van der Waals surface area (Å²) >= 11 is 0. The number of benzene rings is 1. The van der Waals surface area contributed by atoms with E-state index in [2.05, 4.69) is 5.32 Å². The lowest BCUT2D eigenvalue weighted by Crippen LogP contribution is -2.33. The highest BCUT2D eigenvalue weighted by Crippen LogP contribution is 2.33. The van der Waals surface area contributed by atoms with Gasteiger partial charge in [0.2, 0.25) is 5.91 Å². The fraction of sp³-hybridized carbons (Fsp3) is 0.562. The van der Waals surface area contributed by atoms with E-state index in [1.165, 1.54) is 0 Å². The Morgan fingerprint density at radius 1 is 1.25 bits per heavy atom. The van der Waals surface area contributed by atoms with Crippen molar-refractivity contribution in [2.24, 2.45) is 5.73 Å². The van der Waals surface area contributed by atoms with Crippen molar-refractivity contribution in [3.8, 4) is 5.75 Å². The molecule has 0 bridgehead atoms. The smallest absolute Gasteiger partial charge is 0.227 e. The Balaban J connectivity index is 1.79. The van der Waals surface area contributed by atoms with Crippen LogP contribution in [0.4, 0.5) is 0 Å². The molecule has 0 saturated heterocycles. The Bertz CT molecular complexity index is 434. The van der Waals surface area contributed by atoms with Gasteiger partial charge in [-0.25, -0.2) is 0 Å². The maximum Gasteiger partial charge on any atom is 0.227 e. The molecule has 1 aliphatic rings. The molecule has 0 spiro atoms. The third-order valence-corrected chi connectivity index (χ3v) is 3.71. The van der Waals surface area contributed by atoms with Gasteiger partial charge < -0.3 is 15.8 Å². The highest BCUT2D eigenvalue weighted by Gasteiger charge is 2.26. The summed E-state index contributed by atoms with van der Waals surface area (Å²) < 4.78 is 5.58. The molecule has 1 unspecified atom stereocenters. The van der Waals surface area contributed by atoms with Crippen molar-refractivity contribution >= 4 is 5.91 Å². The second kappa shape index (κ2) is 7.90. The van der Waals surface area contributed by atoms with Gasteiger partial charge in [-0.15, -0.1) is 0 Å². The summed E-state index contributed by atoms with van der Waals surface area (Å²) in [5.74, 6) is 0.908. The number of hydrogen-bond donors (Lipinski definition) is 2. The fourth-order valence-corrected chi connectivity index (χ4v) is 2.57. The molecule has 110 valence electrons. The van der Waals surface area contributed by atoms with E-state index in [-0.39, 0.29) is 11.8 Å². The van der Waals surface area contributed by atoms with Gasteiger partial charge in [-0.3, -0.25) is 4.79 Å². The van der Waals surface area contributed by atoms with Crippen LogP contribution >= 0.6 is 0 Å². The van der Waals surface area contributed by atoms with E-state index in [0.29, 0.717) is 6.61 Å². The molecule has 0 aromatic heterocycles. The molecule has 20 heavy (non-hydrogen) atoms. The molecule has 4 nitrogen and oxygen atoms in total. The minimum atomic E-state index is -0.0657. The zero-order valence-corrected chi connectivity index (χ0v) is 11.9. The normalized spacial score (nSPS) is 17.1. The van der Waals surface area contributed by atoms with Gasteiger partial charge in [-0.05, 0) is 31.9 Å². The van der Waals surface area contributed by atoms with E-state index < -0.39 is 0 Å². The molecule has 1 aromatic rings. The number of nitrogens with one attached hydrogen (secondary N) is 1. The van der Waals surface area contributed by atoms with Crippen LogP contribution in [0.25, 0.3) is 0 Å². The Morgan fingerprint density at radius 2 is 2.05 bits per heavy atom.